The summed E-state index contributed by atoms with van der Waals surface area (Å²) in [6.07, 6.45) is 11.6. The van der Waals surface area contributed by atoms with E-state index in [2.05, 4.69) is 23.2 Å². The van der Waals surface area contributed by atoms with Crippen molar-refractivity contribution in [2.24, 2.45) is 9.98 Å². The van der Waals surface area contributed by atoms with E-state index in [4.69, 9.17) is 16.6 Å². The minimum Gasteiger partial charge on any atom is -0.615 e. The van der Waals surface area contributed by atoms with E-state index in [1.807, 2.05) is 36.4 Å². The number of halogens is 1. The summed E-state index contributed by atoms with van der Waals surface area (Å²) in [4.78, 5) is 9.41. The molecule has 0 spiro atoms. The van der Waals surface area contributed by atoms with Gasteiger partial charge in [0.05, 0.1) is 10.7 Å². The number of hydrogen-bond acceptors (Lipinski definition) is 3. The predicted octanol–water partition coefficient (Wildman–Crippen LogP) is 4.66. The molecule has 0 amide bonds. The molecule has 2 heterocycles. The van der Waals surface area contributed by atoms with Crippen LogP contribution in [0.25, 0.3) is 0 Å². The second kappa shape index (κ2) is 5.11. The maximum atomic E-state index is 13.9. The molecule has 0 N–H and O–H groups in total. The normalized spacial score (nSPS) is 32.5. The Morgan fingerprint density at radius 1 is 1.20 bits per heavy atom. The molecule has 25 heavy (non-hydrogen) atoms. The summed E-state index contributed by atoms with van der Waals surface area (Å²) in [6.45, 7) is 0. The Bertz CT molecular complexity index is 954. The predicted molar refractivity (Wildman–Crippen MR) is 99.7 cm³/mol. The van der Waals surface area contributed by atoms with Crippen molar-refractivity contribution in [3.63, 3.8) is 0 Å². The van der Waals surface area contributed by atoms with Crippen LogP contribution in [-0.4, -0.2) is 16.8 Å². The minimum absolute atomic E-state index is 0.558. The van der Waals surface area contributed by atoms with Crippen LogP contribution < -0.4 is 0 Å². The molecule has 1 aromatic rings. The van der Waals surface area contributed by atoms with Gasteiger partial charge in [0, 0.05) is 6.42 Å². The van der Waals surface area contributed by atoms with Gasteiger partial charge in [-0.1, -0.05) is 60.2 Å². The second-order valence-electron chi connectivity index (χ2n) is 6.68. The molecular formula is C20H16ClN3O. The highest BCUT2D eigenvalue weighted by Gasteiger charge is 2.57. The molecule has 0 fully saturated rings. The Balaban J connectivity index is 1.80. The van der Waals surface area contributed by atoms with Crippen molar-refractivity contribution in [1.29, 1.82) is 0 Å². The summed E-state index contributed by atoms with van der Waals surface area (Å²) >= 11 is 6.39. The van der Waals surface area contributed by atoms with Gasteiger partial charge >= 0.3 is 0 Å². The lowest BCUT2D eigenvalue weighted by atomic mass is 9.70. The highest BCUT2D eigenvalue weighted by molar-refractivity contribution is 6.32. The first-order valence-corrected chi connectivity index (χ1v) is 8.81. The van der Waals surface area contributed by atoms with E-state index in [1.54, 1.807) is 0 Å². The molecule has 124 valence electrons. The Morgan fingerprint density at radius 3 is 2.88 bits per heavy atom. The summed E-state index contributed by atoms with van der Waals surface area (Å²) in [5.41, 5.74) is 2.61. The number of benzene rings is 1. The molecule has 0 saturated carbocycles. The molecule has 0 radical (unpaired) electrons. The van der Waals surface area contributed by atoms with Crippen LogP contribution in [-0.2, 0) is 5.41 Å². The molecule has 0 bridgehead atoms. The van der Waals surface area contributed by atoms with Gasteiger partial charge in [-0.2, -0.15) is 4.99 Å². The lowest BCUT2D eigenvalue weighted by Gasteiger charge is -2.47. The SMILES string of the molecule is [O-][N+]12C=NC3=CC=CCC3(c3ccccc3)C1=NC1=C2CCC=C1Cl. The number of nitrogens with zero attached hydrogens (tertiary/aromatic N) is 3. The zero-order valence-electron chi connectivity index (χ0n) is 13.5. The largest absolute Gasteiger partial charge is 0.615 e. The fourth-order valence-electron chi connectivity index (χ4n) is 4.21. The molecule has 1 aromatic carbocycles. The summed E-state index contributed by atoms with van der Waals surface area (Å²) < 4.78 is -0.695. The van der Waals surface area contributed by atoms with Crippen LogP contribution >= 0.6 is 11.6 Å². The van der Waals surface area contributed by atoms with Gasteiger partial charge in [0.1, 0.15) is 16.8 Å². The van der Waals surface area contributed by atoms with Crippen molar-refractivity contribution >= 4 is 23.8 Å². The first-order chi connectivity index (χ1) is 12.2. The fourth-order valence-corrected chi connectivity index (χ4v) is 4.47. The van der Waals surface area contributed by atoms with Crippen LogP contribution in [0.2, 0.25) is 0 Å². The second-order valence-corrected chi connectivity index (χ2v) is 7.09. The molecule has 4 aliphatic rings. The van der Waals surface area contributed by atoms with Gasteiger partial charge in [-0.15, -0.1) is 0 Å². The third kappa shape index (κ3) is 1.84. The smallest absolute Gasteiger partial charge is 0.231 e. The van der Waals surface area contributed by atoms with E-state index >= 15 is 0 Å². The zero-order chi connectivity index (χ0) is 17.1. The van der Waals surface area contributed by atoms with Crippen LogP contribution in [0.3, 0.4) is 0 Å². The van der Waals surface area contributed by atoms with Crippen LogP contribution in [0.15, 0.2) is 86.7 Å². The first kappa shape index (κ1) is 15.0. The maximum absolute atomic E-state index is 13.9. The molecular weight excluding hydrogens is 334 g/mol. The van der Waals surface area contributed by atoms with Crippen LogP contribution in [0, 0.1) is 5.21 Å². The average molecular weight is 350 g/mol. The lowest BCUT2D eigenvalue weighted by Crippen LogP contribution is -2.57. The van der Waals surface area contributed by atoms with E-state index in [9.17, 15) is 5.21 Å². The number of rotatable bonds is 1. The van der Waals surface area contributed by atoms with Crippen molar-refractivity contribution < 1.29 is 4.65 Å². The van der Waals surface area contributed by atoms with E-state index in [-0.39, 0.29) is 0 Å². The summed E-state index contributed by atoms with van der Waals surface area (Å²) in [7, 11) is 0. The van der Waals surface area contributed by atoms with Crippen LogP contribution in [0.5, 0.6) is 0 Å². The Hall–Kier alpha value is -2.27. The average Bonchev–Trinajstić information content (AvgIpc) is 2.97. The number of hydrogen-bond donors (Lipinski definition) is 0. The highest BCUT2D eigenvalue weighted by Crippen LogP contribution is 2.51. The molecule has 0 aromatic heterocycles. The first-order valence-electron chi connectivity index (χ1n) is 8.43. The van der Waals surface area contributed by atoms with Crippen molar-refractivity contribution in [3.8, 4) is 0 Å². The number of quaternary nitrogens is 1. The Kier molecular flexibility index (Phi) is 3.07. The van der Waals surface area contributed by atoms with E-state index in [0.717, 1.165) is 17.7 Å². The summed E-state index contributed by atoms with van der Waals surface area (Å²) in [5, 5.41) is 14.5. The summed E-state index contributed by atoms with van der Waals surface area (Å²) in [6, 6.07) is 10.1. The molecule has 2 aliphatic heterocycles. The van der Waals surface area contributed by atoms with Crippen molar-refractivity contribution in [3.05, 3.63) is 87.5 Å². The zero-order valence-corrected chi connectivity index (χ0v) is 14.3. The van der Waals surface area contributed by atoms with E-state index in [0.29, 0.717) is 35.1 Å². The molecule has 2 unspecified atom stereocenters. The van der Waals surface area contributed by atoms with Gasteiger partial charge in [-0.05, 0) is 24.5 Å². The highest BCUT2D eigenvalue weighted by atomic mass is 35.5. The van der Waals surface area contributed by atoms with Crippen molar-refractivity contribution in [2.75, 3.05) is 0 Å². The fraction of sp³-hybridized carbons (Fsp3) is 0.200. The van der Waals surface area contributed by atoms with Crippen LogP contribution in [0.1, 0.15) is 24.8 Å². The van der Waals surface area contributed by atoms with Gasteiger partial charge in [-0.3, -0.25) is 0 Å². The number of amidine groups is 1. The number of allylic oxidation sites excluding steroid dienone is 6. The maximum Gasteiger partial charge on any atom is 0.231 e. The van der Waals surface area contributed by atoms with Crippen molar-refractivity contribution in [1.82, 2.24) is 0 Å². The third-order valence-corrected chi connectivity index (χ3v) is 5.73. The minimum atomic E-state index is -0.695. The molecule has 2 atom stereocenters. The number of aliphatic imine (C=N–C) groups is 2. The summed E-state index contributed by atoms with van der Waals surface area (Å²) in [5.74, 6) is 0.558. The van der Waals surface area contributed by atoms with E-state index < -0.39 is 10.1 Å². The van der Waals surface area contributed by atoms with Gasteiger partial charge in [0.2, 0.25) is 12.2 Å². The molecule has 5 heteroatoms. The van der Waals surface area contributed by atoms with Gasteiger partial charge in [0.25, 0.3) is 0 Å². The molecule has 0 saturated heterocycles. The number of fused-ring (bicyclic) bond motifs is 4. The number of hydroxylamine groups is 3. The topological polar surface area (TPSA) is 47.8 Å². The standard InChI is InChI=1S/C20H16ClN3O/c21-15-9-6-10-16-18(15)23-19-20(14-7-2-1-3-8-14)12-5-4-11-17(20)22-13-24(16,19)25/h1-5,7-9,11,13H,6,10,12H2. The molecule has 5 rings (SSSR count). The third-order valence-electron chi connectivity index (χ3n) is 5.40. The monoisotopic (exact) mass is 349 g/mol. The van der Waals surface area contributed by atoms with Gasteiger partial charge < -0.3 is 5.21 Å². The van der Waals surface area contributed by atoms with E-state index in [1.165, 1.54) is 6.34 Å². The van der Waals surface area contributed by atoms with Crippen LogP contribution in [0.4, 0.5) is 0 Å². The Labute approximate surface area is 151 Å². The van der Waals surface area contributed by atoms with Gasteiger partial charge in [-0.25, -0.2) is 9.64 Å². The molecule has 4 nitrogen and oxygen atoms in total. The van der Waals surface area contributed by atoms with Crippen molar-refractivity contribution in [2.45, 2.75) is 24.7 Å². The lowest BCUT2D eigenvalue weighted by molar-refractivity contribution is -0.640. The quantitative estimate of drug-likeness (QED) is 0.537. The Morgan fingerprint density at radius 2 is 2.04 bits per heavy atom. The molecule has 2 aliphatic carbocycles. The van der Waals surface area contributed by atoms with Gasteiger partial charge in [0.15, 0.2) is 0 Å².